The summed E-state index contributed by atoms with van der Waals surface area (Å²) in [5, 5.41) is -0.744. The molecule has 5 heteroatoms. The Morgan fingerprint density at radius 1 is 1.42 bits per heavy atom. The van der Waals surface area contributed by atoms with Gasteiger partial charge in [-0.05, 0) is 18.5 Å². The molecule has 0 aliphatic rings. The molecule has 0 radical (unpaired) electrons. The number of halogens is 2. The van der Waals surface area contributed by atoms with Crippen LogP contribution in [0.25, 0.3) is 0 Å². The minimum atomic E-state index is -0.536. The van der Waals surface area contributed by atoms with Crippen molar-refractivity contribution in [2.45, 2.75) is 25.1 Å². The summed E-state index contributed by atoms with van der Waals surface area (Å²) in [4.78, 5) is 21.0. The van der Waals surface area contributed by atoms with Gasteiger partial charge in [0, 0.05) is 6.42 Å². The summed E-state index contributed by atoms with van der Waals surface area (Å²) < 4.78 is 4.67. The van der Waals surface area contributed by atoms with Crippen LogP contribution in [0.2, 0.25) is 0 Å². The minimum absolute atomic E-state index is 0.0110. The Balaban J connectivity index is 3.40. The Labute approximate surface area is 81.0 Å². The molecule has 1 unspecified atom stereocenters. The van der Waals surface area contributed by atoms with Crippen LogP contribution < -0.4 is 0 Å². The average Bonchev–Trinajstić information content (AvgIpc) is 1.96. The van der Waals surface area contributed by atoms with Gasteiger partial charge in [0.05, 0.1) is 11.8 Å². The summed E-state index contributed by atoms with van der Waals surface area (Å²) in [5.41, 5.74) is 0. The first kappa shape index (κ1) is 11.7. The highest BCUT2D eigenvalue weighted by molar-refractivity contribution is 6.63. The van der Waals surface area contributed by atoms with E-state index in [1.165, 1.54) is 0 Å². The third-order valence-electron chi connectivity index (χ3n) is 1.000. The van der Waals surface area contributed by atoms with Gasteiger partial charge in [-0.15, -0.1) is 11.6 Å². The van der Waals surface area contributed by atoms with Crippen molar-refractivity contribution in [1.29, 1.82) is 0 Å². The molecule has 0 N–H and O–H groups in total. The van der Waals surface area contributed by atoms with Crippen LogP contribution in [-0.2, 0) is 14.3 Å². The van der Waals surface area contributed by atoms with E-state index in [1.807, 2.05) is 0 Å². The number of hydrogen-bond acceptors (Lipinski definition) is 3. The smallest absolute Gasteiger partial charge is 0.306 e. The minimum Gasteiger partial charge on any atom is -0.464 e. The quantitative estimate of drug-likeness (QED) is 0.396. The fourth-order valence-electron chi connectivity index (χ4n) is 0.480. The second-order valence-corrected chi connectivity index (χ2v) is 3.49. The van der Waals surface area contributed by atoms with Crippen LogP contribution in [0.5, 0.6) is 0 Å². The summed E-state index contributed by atoms with van der Waals surface area (Å²) in [6.45, 7) is 1.87. The third kappa shape index (κ3) is 7.82. The second kappa shape index (κ2) is 6.26. The number of hydrogen-bond donors (Lipinski definition) is 0. The molecule has 1 atom stereocenters. The molecule has 0 spiro atoms. The molecule has 0 saturated heterocycles. The van der Waals surface area contributed by atoms with Crippen molar-refractivity contribution in [3.05, 3.63) is 0 Å². The largest absolute Gasteiger partial charge is 0.464 e. The van der Waals surface area contributed by atoms with E-state index in [9.17, 15) is 9.59 Å². The molecular weight excluding hydrogens is 203 g/mol. The Morgan fingerprint density at radius 2 is 2.00 bits per heavy atom. The highest BCUT2D eigenvalue weighted by atomic mass is 35.5. The molecule has 0 heterocycles. The van der Waals surface area contributed by atoms with Crippen LogP contribution in [-0.4, -0.2) is 23.2 Å². The first-order valence-corrected chi connectivity index (χ1v) is 4.32. The Morgan fingerprint density at radius 3 is 2.42 bits per heavy atom. The first-order valence-electron chi connectivity index (χ1n) is 3.50. The maximum absolute atomic E-state index is 10.8. The number of ether oxygens (including phenoxy) is 1. The Bertz CT molecular complexity index is 168. The van der Waals surface area contributed by atoms with Gasteiger partial charge in [-0.25, -0.2) is 0 Å². The molecule has 0 aromatic rings. The predicted molar refractivity (Wildman–Crippen MR) is 46.4 cm³/mol. The van der Waals surface area contributed by atoms with Crippen LogP contribution in [0.3, 0.4) is 0 Å². The molecule has 70 valence electrons. The molecule has 0 saturated carbocycles. The second-order valence-electron chi connectivity index (χ2n) is 2.32. The van der Waals surface area contributed by atoms with Gasteiger partial charge in [-0.1, -0.05) is 0 Å². The third-order valence-corrected chi connectivity index (χ3v) is 1.31. The Kier molecular flexibility index (Phi) is 6.11. The highest BCUT2D eigenvalue weighted by Gasteiger charge is 2.06. The number of rotatable bonds is 5. The molecule has 0 aromatic carbocycles. The number of esters is 1. The van der Waals surface area contributed by atoms with Gasteiger partial charge < -0.3 is 4.74 Å². The number of carbonyl (C=O) groups is 2. The van der Waals surface area contributed by atoms with E-state index < -0.39 is 11.2 Å². The summed E-state index contributed by atoms with van der Waals surface area (Å²) in [6.07, 6.45) is 0.0308. The molecule has 3 nitrogen and oxygen atoms in total. The van der Waals surface area contributed by atoms with Crippen molar-refractivity contribution in [3.63, 3.8) is 0 Å². The van der Waals surface area contributed by atoms with Gasteiger partial charge in [0.1, 0.15) is 6.61 Å². The summed E-state index contributed by atoms with van der Waals surface area (Å²) >= 11 is 10.5. The maximum Gasteiger partial charge on any atom is 0.306 e. The fourth-order valence-corrected chi connectivity index (χ4v) is 0.638. The van der Waals surface area contributed by atoms with Gasteiger partial charge in [-0.2, -0.15) is 0 Å². The van der Waals surface area contributed by atoms with Crippen molar-refractivity contribution < 1.29 is 14.3 Å². The molecule has 0 rings (SSSR count). The van der Waals surface area contributed by atoms with Crippen LogP contribution in [0.15, 0.2) is 0 Å². The van der Waals surface area contributed by atoms with Crippen LogP contribution >= 0.6 is 23.2 Å². The topological polar surface area (TPSA) is 43.4 Å². The lowest BCUT2D eigenvalue weighted by Gasteiger charge is -2.04. The zero-order chi connectivity index (χ0) is 9.56. The standard InChI is InChI=1S/C7H10Cl2O3/c1-5(8)4-12-7(11)3-2-6(9)10/h5H,2-4H2,1H3. The van der Waals surface area contributed by atoms with Crippen molar-refractivity contribution in [2.24, 2.45) is 0 Å². The molecular formula is C7H10Cl2O3. The lowest BCUT2D eigenvalue weighted by atomic mass is 10.3. The van der Waals surface area contributed by atoms with Crippen LogP contribution in [0, 0.1) is 0 Å². The summed E-state index contributed by atoms with van der Waals surface area (Å²) in [6, 6.07) is 0. The molecule has 0 fully saturated rings. The highest BCUT2D eigenvalue weighted by Crippen LogP contribution is 1.99. The molecule has 0 aromatic heterocycles. The molecule has 0 bridgehead atoms. The van der Waals surface area contributed by atoms with E-state index in [2.05, 4.69) is 4.74 Å². The van der Waals surface area contributed by atoms with E-state index in [0.29, 0.717) is 0 Å². The summed E-state index contributed by atoms with van der Waals surface area (Å²) in [5.74, 6) is -0.448. The van der Waals surface area contributed by atoms with E-state index in [4.69, 9.17) is 23.2 Å². The zero-order valence-corrected chi connectivity index (χ0v) is 8.19. The predicted octanol–water partition coefficient (Wildman–Crippen LogP) is 1.70. The van der Waals surface area contributed by atoms with Crippen molar-refractivity contribution in [2.75, 3.05) is 6.61 Å². The van der Waals surface area contributed by atoms with Gasteiger partial charge in [-0.3, -0.25) is 9.59 Å². The maximum atomic E-state index is 10.8. The fraction of sp³-hybridized carbons (Fsp3) is 0.714. The molecule has 0 aliphatic heterocycles. The monoisotopic (exact) mass is 212 g/mol. The lowest BCUT2D eigenvalue weighted by Crippen LogP contribution is -2.11. The van der Waals surface area contributed by atoms with Gasteiger partial charge in [0.25, 0.3) is 0 Å². The lowest BCUT2D eigenvalue weighted by molar-refractivity contribution is -0.144. The zero-order valence-electron chi connectivity index (χ0n) is 6.68. The summed E-state index contributed by atoms with van der Waals surface area (Å²) in [7, 11) is 0. The normalized spacial score (nSPS) is 12.2. The molecule has 0 aliphatic carbocycles. The van der Waals surface area contributed by atoms with E-state index in [1.54, 1.807) is 6.92 Å². The van der Waals surface area contributed by atoms with Crippen molar-refractivity contribution in [3.8, 4) is 0 Å². The van der Waals surface area contributed by atoms with Crippen LogP contribution in [0.4, 0.5) is 0 Å². The first-order chi connectivity index (χ1) is 5.52. The van der Waals surface area contributed by atoms with E-state index >= 15 is 0 Å². The molecule has 12 heavy (non-hydrogen) atoms. The van der Waals surface area contributed by atoms with Gasteiger partial charge >= 0.3 is 5.97 Å². The van der Waals surface area contributed by atoms with Crippen molar-refractivity contribution >= 4 is 34.4 Å². The van der Waals surface area contributed by atoms with Crippen molar-refractivity contribution in [1.82, 2.24) is 0 Å². The average molecular weight is 213 g/mol. The van der Waals surface area contributed by atoms with Gasteiger partial charge in [0.2, 0.25) is 5.24 Å². The van der Waals surface area contributed by atoms with Crippen LogP contribution in [0.1, 0.15) is 19.8 Å². The Hall–Kier alpha value is -0.280. The molecule has 0 amide bonds. The number of alkyl halides is 1. The number of carbonyl (C=O) groups excluding carboxylic acids is 2. The van der Waals surface area contributed by atoms with E-state index in [-0.39, 0.29) is 24.8 Å². The van der Waals surface area contributed by atoms with Gasteiger partial charge in [0.15, 0.2) is 0 Å². The van der Waals surface area contributed by atoms with E-state index in [0.717, 1.165) is 0 Å². The SMILES string of the molecule is CC(Cl)COC(=O)CCC(=O)Cl.